The minimum atomic E-state index is -0.728. The summed E-state index contributed by atoms with van der Waals surface area (Å²) in [5.41, 5.74) is 6.58. The number of aromatic nitrogens is 1. The molecule has 2 amide bonds. The molecule has 0 unspecified atom stereocenters. The van der Waals surface area contributed by atoms with E-state index in [9.17, 15) is 14.0 Å². The maximum absolute atomic E-state index is 14.4. The van der Waals surface area contributed by atoms with E-state index in [4.69, 9.17) is 33.7 Å². The van der Waals surface area contributed by atoms with Gasteiger partial charge in [-0.05, 0) is 62.1 Å². The van der Waals surface area contributed by atoms with Crippen LogP contribution in [-0.4, -0.2) is 29.9 Å². The van der Waals surface area contributed by atoms with Crippen LogP contribution in [0.25, 0.3) is 11.1 Å². The highest BCUT2D eigenvalue weighted by Crippen LogP contribution is 2.37. The van der Waals surface area contributed by atoms with Crippen molar-refractivity contribution < 1.29 is 18.7 Å². The minimum Gasteiger partial charge on any atom is -0.487 e. The van der Waals surface area contributed by atoms with E-state index in [0.29, 0.717) is 27.5 Å². The van der Waals surface area contributed by atoms with Gasteiger partial charge in [0.25, 0.3) is 5.91 Å². The molecule has 0 spiro atoms. The molecule has 2 aromatic carbocycles. The van der Waals surface area contributed by atoms with Gasteiger partial charge in [-0.25, -0.2) is 9.37 Å². The smallest absolute Gasteiger partial charge is 0.263 e. The molecule has 0 aliphatic heterocycles. The molecule has 34 heavy (non-hydrogen) atoms. The van der Waals surface area contributed by atoms with E-state index in [0.717, 1.165) is 25.7 Å². The number of primary amides is 1. The Morgan fingerprint density at radius 1 is 1.12 bits per heavy atom. The van der Waals surface area contributed by atoms with Gasteiger partial charge in [0.1, 0.15) is 5.82 Å². The van der Waals surface area contributed by atoms with Crippen LogP contribution in [0, 0.1) is 5.82 Å². The summed E-state index contributed by atoms with van der Waals surface area (Å²) in [6, 6.07) is 10.5. The minimum absolute atomic E-state index is 0.00165. The number of nitrogens with two attached hydrogens (primary N) is 1. The monoisotopic (exact) mass is 501 g/mol. The van der Waals surface area contributed by atoms with Gasteiger partial charge in [-0.2, -0.15) is 0 Å². The Bertz CT molecular complexity index is 1240. The zero-order valence-corrected chi connectivity index (χ0v) is 19.9. The number of carbonyl (C=O) groups excluding carboxylic acids is 2. The fourth-order valence-electron chi connectivity index (χ4n) is 3.97. The quantitative estimate of drug-likeness (QED) is 0.456. The topological polar surface area (TPSA) is 85.5 Å². The van der Waals surface area contributed by atoms with Crippen LogP contribution in [0.15, 0.2) is 48.7 Å². The summed E-state index contributed by atoms with van der Waals surface area (Å²) < 4.78 is 20.6. The number of pyridine rings is 1. The van der Waals surface area contributed by atoms with Crippen LogP contribution in [0.1, 0.15) is 46.4 Å². The first-order valence-electron chi connectivity index (χ1n) is 10.7. The molecule has 3 aromatic rings. The zero-order chi connectivity index (χ0) is 24.4. The molecule has 9 heteroatoms. The molecule has 0 atom stereocenters. The summed E-state index contributed by atoms with van der Waals surface area (Å²) >= 11 is 12.5. The molecule has 0 bridgehead atoms. The first-order chi connectivity index (χ1) is 16.3. The van der Waals surface area contributed by atoms with Crippen molar-refractivity contribution in [3.05, 3.63) is 75.7 Å². The number of amides is 2. The number of anilines is 1. The standard InChI is InChI=1S/C25H22Cl2FN3O3/c1-31(25(33)22-19(27)7-4-8-20(22)28)24-21(34-16-5-2-3-6-16)12-15(13-30-24)17-11-14(23(29)32)9-10-18(17)26/h4,7-13,16H,2-3,5-6H2,1H3,(H2,29,32). The number of hydrogen-bond donors (Lipinski definition) is 1. The number of hydrogen-bond acceptors (Lipinski definition) is 4. The maximum atomic E-state index is 14.4. The van der Waals surface area contributed by atoms with E-state index in [1.807, 2.05) is 0 Å². The second-order valence-electron chi connectivity index (χ2n) is 8.09. The largest absolute Gasteiger partial charge is 0.487 e. The first kappa shape index (κ1) is 24.0. The van der Waals surface area contributed by atoms with Crippen LogP contribution >= 0.6 is 23.2 Å². The number of nitrogens with zero attached hydrogens (tertiary/aromatic N) is 2. The van der Waals surface area contributed by atoms with Gasteiger partial charge < -0.3 is 10.5 Å². The summed E-state index contributed by atoms with van der Waals surface area (Å²) in [4.78, 5) is 30.5. The van der Waals surface area contributed by atoms with Crippen LogP contribution in [-0.2, 0) is 0 Å². The summed E-state index contributed by atoms with van der Waals surface area (Å²) in [7, 11) is 1.48. The lowest BCUT2D eigenvalue weighted by molar-refractivity contribution is 0.0983. The van der Waals surface area contributed by atoms with Gasteiger partial charge in [-0.15, -0.1) is 0 Å². The second-order valence-corrected chi connectivity index (χ2v) is 8.90. The molecule has 0 radical (unpaired) electrons. The van der Waals surface area contributed by atoms with Crippen molar-refractivity contribution in [2.24, 2.45) is 5.73 Å². The Kier molecular flexibility index (Phi) is 7.05. The van der Waals surface area contributed by atoms with Crippen LogP contribution in [0.2, 0.25) is 10.0 Å². The Morgan fingerprint density at radius 3 is 2.53 bits per heavy atom. The number of carbonyl (C=O) groups is 2. The number of halogens is 3. The molecular formula is C25H22Cl2FN3O3. The van der Waals surface area contributed by atoms with Gasteiger partial charge in [0.2, 0.25) is 5.91 Å². The van der Waals surface area contributed by atoms with E-state index in [1.165, 1.54) is 42.4 Å². The van der Waals surface area contributed by atoms with Crippen molar-refractivity contribution >= 4 is 40.8 Å². The molecule has 1 fully saturated rings. The van der Waals surface area contributed by atoms with Crippen LogP contribution in [0.5, 0.6) is 5.75 Å². The Hall–Kier alpha value is -3.16. The van der Waals surface area contributed by atoms with Crippen molar-refractivity contribution in [1.82, 2.24) is 4.98 Å². The average molecular weight is 502 g/mol. The number of benzene rings is 2. The highest BCUT2D eigenvalue weighted by molar-refractivity contribution is 6.34. The zero-order valence-electron chi connectivity index (χ0n) is 18.4. The van der Waals surface area contributed by atoms with E-state index in [-0.39, 0.29) is 22.5 Å². The Morgan fingerprint density at radius 2 is 1.85 bits per heavy atom. The third-order valence-electron chi connectivity index (χ3n) is 5.79. The molecule has 1 aromatic heterocycles. The SMILES string of the molecule is CN(C(=O)c1c(F)cccc1Cl)c1ncc(-c2cc(C(N)=O)ccc2Cl)cc1OC1CCCC1. The number of ether oxygens (including phenoxy) is 1. The van der Waals surface area contributed by atoms with E-state index in [1.54, 1.807) is 18.2 Å². The third kappa shape index (κ3) is 4.86. The molecule has 176 valence electrons. The molecule has 1 heterocycles. The maximum Gasteiger partial charge on any atom is 0.263 e. The summed E-state index contributed by atoms with van der Waals surface area (Å²) in [5.74, 6) is -1.42. The van der Waals surface area contributed by atoms with Gasteiger partial charge >= 0.3 is 0 Å². The van der Waals surface area contributed by atoms with Gasteiger partial charge in [-0.1, -0.05) is 29.3 Å². The lowest BCUT2D eigenvalue weighted by Gasteiger charge is -2.23. The second kappa shape index (κ2) is 9.99. The van der Waals surface area contributed by atoms with Crippen molar-refractivity contribution in [1.29, 1.82) is 0 Å². The highest BCUT2D eigenvalue weighted by Gasteiger charge is 2.26. The third-order valence-corrected chi connectivity index (χ3v) is 6.43. The van der Waals surface area contributed by atoms with Crippen LogP contribution in [0.3, 0.4) is 0 Å². The lowest BCUT2D eigenvalue weighted by atomic mass is 10.0. The number of rotatable bonds is 6. The Labute approximate surface area is 206 Å². The van der Waals surface area contributed by atoms with Gasteiger partial charge in [0, 0.05) is 35.0 Å². The normalized spacial score (nSPS) is 13.6. The first-order valence-corrected chi connectivity index (χ1v) is 11.5. The van der Waals surface area contributed by atoms with E-state index in [2.05, 4.69) is 4.98 Å². The fraction of sp³-hybridized carbons (Fsp3) is 0.240. The molecule has 0 saturated heterocycles. The van der Waals surface area contributed by atoms with Crippen LogP contribution < -0.4 is 15.4 Å². The van der Waals surface area contributed by atoms with Crippen molar-refractivity contribution in [2.45, 2.75) is 31.8 Å². The van der Waals surface area contributed by atoms with Gasteiger partial charge in [-0.3, -0.25) is 14.5 Å². The Balaban J connectivity index is 1.78. The van der Waals surface area contributed by atoms with Crippen molar-refractivity contribution in [3.63, 3.8) is 0 Å². The van der Waals surface area contributed by atoms with Gasteiger partial charge in [0.15, 0.2) is 11.6 Å². The van der Waals surface area contributed by atoms with Gasteiger partial charge in [0.05, 0.1) is 16.7 Å². The average Bonchev–Trinajstić information content (AvgIpc) is 3.31. The van der Waals surface area contributed by atoms with Crippen molar-refractivity contribution in [3.8, 4) is 16.9 Å². The molecule has 4 rings (SSSR count). The van der Waals surface area contributed by atoms with E-state index < -0.39 is 17.6 Å². The van der Waals surface area contributed by atoms with E-state index >= 15 is 0 Å². The molecule has 1 saturated carbocycles. The highest BCUT2D eigenvalue weighted by atomic mass is 35.5. The fourth-order valence-corrected chi connectivity index (χ4v) is 4.45. The summed E-state index contributed by atoms with van der Waals surface area (Å²) in [6.07, 6.45) is 5.30. The molecule has 1 aliphatic rings. The summed E-state index contributed by atoms with van der Waals surface area (Å²) in [5, 5.41) is 0.399. The van der Waals surface area contributed by atoms with Crippen molar-refractivity contribution in [2.75, 3.05) is 11.9 Å². The predicted octanol–water partition coefficient (Wildman–Crippen LogP) is 5.89. The molecule has 1 aliphatic carbocycles. The predicted molar refractivity (Wildman–Crippen MR) is 130 cm³/mol. The summed E-state index contributed by atoms with van der Waals surface area (Å²) in [6.45, 7) is 0. The molecule has 2 N–H and O–H groups in total. The van der Waals surface area contributed by atoms with Crippen LogP contribution in [0.4, 0.5) is 10.2 Å². The molecule has 6 nitrogen and oxygen atoms in total. The molecular weight excluding hydrogens is 480 g/mol. The lowest BCUT2D eigenvalue weighted by Crippen LogP contribution is -2.29.